The molecule has 1 aliphatic heterocycles. The summed E-state index contributed by atoms with van der Waals surface area (Å²) in [5, 5.41) is 2.77. The van der Waals surface area contributed by atoms with Crippen LogP contribution in [0, 0.1) is 0 Å². The van der Waals surface area contributed by atoms with Crippen LogP contribution in [0.3, 0.4) is 0 Å². The highest BCUT2D eigenvalue weighted by Crippen LogP contribution is 2.28. The summed E-state index contributed by atoms with van der Waals surface area (Å²) >= 11 is 0. The van der Waals surface area contributed by atoms with Gasteiger partial charge in [0.1, 0.15) is 0 Å². The number of alkyl carbamates (subject to hydrolysis) is 1. The van der Waals surface area contributed by atoms with Crippen molar-refractivity contribution in [3.63, 3.8) is 0 Å². The van der Waals surface area contributed by atoms with E-state index in [0.717, 1.165) is 19.4 Å². The van der Waals surface area contributed by atoms with Gasteiger partial charge in [-0.25, -0.2) is 4.79 Å². The van der Waals surface area contributed by atoms with E-state index in [2.05, 4.69) is 35.3 Å². The second-order valence-electron chi connectivity index (χ2n) is 5.45. The minimum Gasteiger partial charge on any atom is -0.450 e. The third-order valence-corrected chi connectivity index (χ3v) is 3.81. The standard InChI is InChI=1S/C17H26N2O2/c1-3-11-19-12-5-6-15-13-14(7-8-16(15)19)9-10-18-17(20)21-4-2/h7-8,13H,3-6,9-12H2,1-2H3,(H,18,20). The molecule has 1 N–H and O–H groups in total. The normalized spacial score (nSPS) is 13.7. The minimum absolute atomic E-state index is 0.329. The SMILES string of the molecule is CCCN1CCCc2cc(CCNC(=O)OCC)ccc21. The Hall–Kier alpha value is -1.71. The van der Waals surface area contributed by atoms with E-state index in [4.69, 9.17) is 4.74 Å². The predicted molar refractivity (Wildman–Crippen MR) is 86.0 cm³/mol. The van der Waals surface area contributed by atoms with Gasteiger partial charge >= 0.3 is 6.09 Å². The summed E-state index contributed by atoms with van der Waals surface area (Å²) in [4.78, 5) is 13.7. The number of nitrogens with zero attached hydrogens (tertiary/aromatic N) is 1. The molecule has 0 bridgehead atoms. The fraction of sp³-hybridized carbons (Fsp3) is 0.588. The Balaban J connectivity index is 1.93. The summed E-state index contributed by atoms with van der Waals surface area (Å²) in [5.74, 6) is 0. The molecule has 1 heterocycles. The highest BCUT2D eigenvalue weighted by atomic mass is 16.5. The predicted octanol–water partition coefficient (Wildman–Crippen LogP) is 3.14. The van der Waals surface area contributed by atoms with Crippen LogP contribution in [0.25, 0.3) is 0 Å². The van der Waals surface area contributed by atoms with Crippen molar-refractivity contribution >= 4 is 11.8 Å². The van der Waals surface area contributed by atoms with Crippen LogP contribution in [-0.2, 0) is 17.6 Å². The van der Waals surface area contributed by atoms with Gasteiger partial charge in [0, 0.05) is 25.3 Å². The molecule has 1 amide bonds. The van der Waals surface area contributed by atoms with E-state index in [1.54, 1.807) is 0 Å². The van der Waals surface area contributed by atoms with E-state index in [1.807, 2.05) is 6.92 Å². The van der Waals surface area contributed by atoms with Gasteiger partial charge in [-0.1, -0.05) is 19.1 Å². The molecule has 1 aromatic rings. The molecular weight excluding hydrogens is 264 g/mol. The van der Waals surface area contributed by atoms with Crippen LogP contribution in [0.4, 0.5) is 10.5 Å². The van der Waals surface area contributed by atoms with Crippen LogP contribution in [0.1, 0.15) is 37.8 Å². The first-order valence-electron chi connectivity index (χ1n) is 8.02. The third kappa shape index (κ3) is 4.38. The third-order valence-electron chi connectivity index (χ3n) is 3.81. The number of hydrogen-bond donors (Lipinski definition) is 1. The lowest BCUT2D eigenvalue weighted by molar-refractivity contribution is 0.152. The number of carbonyl (C=O) groups is 1. The molecule has 0 atom stereocenters. The molecule has 2 rings (SSSR count). The average molecular weight is 290 g/mol. The molecule has 0 aromatic heterocycles. The van der Waals surface area contributed by atoms with Gasteiger partial charge in [0.15, 0.2) is 0 Å². The quantitative estimate of drug-likeness (QED) is 0.875. The van der Waals surface area contributed by atoms with Gasteiger partial charge in [0.2, 0.25) is 0 Å². The fourth-order valence-corrected chi connectivity index (χ4v) is 2.88. The number of amides is 1. The second kappa shape index (κ2) is 7.91. The topological polar surface area (TPSA) is 41.6 Å². The number of aryl methyl sites for hydroxylation is 1. The van der Waals surface area contributed by atoms with Crippen molar-refractivity contribution in [2.45, 2.75) is 39.5 Å². The van der Waals surface area contributed by atoms with Crippen molar-refractivity contribution in [2.24, 2.45) is 0 Å². The molecular formula is C17H26N2O2. The van der Waals surface area contributed by atoms with Crippen LogP contribution in [0.15, 0.2) is 18.2 Å². The maximum Gasteiger partial charge on any atom is 0.407 e. The Kier molecular flexibility index (Phi) is 5.90. The fourth-order valence-electron chi connectivity index (χ4n) is 2.88. The number of fused-ring (bicyclic) bond motifs is 1. The van der Waals surface area contributed by atoms with E-state index in [0.29, 0.717) is 13.2 Å². The largest absolute Gasteiger partial charge is 0.450 e. The molecule has 116 valence electrons. The van der Waals surface area contributed by atoms with Crippen molar-refractivity contribution in [1.82, 2.24) is 5.32 Å². The molecule has 1 aliphatic rings. The van der Waals surface area contributed by atoms with Crippen LogP contribution in [-0.4, -0.2) is 32.3 Å². The van der Waals surface area contributed by atoms with Crippen molar-refractivity contribution < 1.29 is 9.53 Å². The first-order valence-corrected chi connectivity index (χ1v) is 8.02. The lowest BCUT2D eigenvalue weighted by Gasteiger charge is -2.31. The van der Waals surface area contributed by atoms with Crippen molar-refractivity contribution in [3.8, 4) is 0 Å². The highest BCUT2D eigenvalue weighted by Gasteiger charge is 2.16. The van der Waals surface area contributed by atoms with Gasteiger partial charge < -0.3 is 15.0 Å². The van der Waals surface area contributed by atoms with Gasteiger partial charge in [-0.05, 0) is 49.8 Å². The summed E-state index contributed by atoms with van der Waals surface area (Å²) in [6.45, 7) is 7.38. The zero-order chi connectivity index (χ0) is 15.1. The molecule has 1 aromatic carbocycles. The molecule has 0 saturated carbocycles. The van der Waals surface area contributed by atoms with Gasteiger partial charge in [-0.2, -0.15) is 0 Å². The van der Waals surface area contributed by atoms with E-state index in [9.17, 15) is 4.79 Å². The lowest BCUT2D eigenvalue weighted by Crippen LogP contribution is -2.30. The Morgan fingerprint density at radius 1 is 1.38 bits per heavy atom. The lowest BCUT2D eigenvalue weighted by atomic mass is 9.98. The number of anilines is 1. The summed E-state index contributed by atoms with van der Waals surface area (Å²) < 4.78 is 4.85. The van der Waals surface area contributed by atoms with Crippen molar-refractivity contribution in [3.05, 3.63) is 29.3 Å². The molecule has 4 nitrogen and oxygen atoms in total. The Bertz CT molecular complexity index is 474. The first kappa shape index (κ1) is 15.7. The summed E-state index contributed by atoms with van der Waals surface area (Å²) in [7, 11) is 0. The van der Waals surface area contributed by atoms with Gasteiger partial charge in [0.25, 0.3) is 0 Å². The molecule has 21 heavy (non-hydrogen) atoms. The number of nitrogens with one attached hydrogen (secondary N) is 1. The zero-order valence-electron chi connectivity index (χ0n) is 13.2. The molecule has 4 heteroatoms. The Morgan fingerprint density at radius 2 is 2.24 bits per heavy atom. The average Bonchev–Trinajstić information content (AvgIpc) is 2.48. The molecule has 0 saturated heterocycles. The van der Waals surface area contributed by atoms with E-state index < -0.39 is 0 Å². The second-order valence-corrected chi connectivity index (χ2v) is 5.45. The van der Waals surface area contributed by atoms with Crippen LogP contribution < -0.4 is 10.2 Å². The highest BCUT2D eigenvalue weighted by molar-refractivity contribution is 5.67. The summed E-state index contributed by atoms with van der Waals surface area (Å²) in [6, 6.07) is 6.72. The van der Waals surface area contributed by atoms with Crippen LogP contribution in [0.5, 0.6) is 0 Å². The smallest absolute Gasteiger partial charge is 0.407 e. The van der Waals surface area contributed by atoms with E-state index in [-0.39, 0.29) is 6.09 Å². The van der Waals surface area contributed by atoms with E-state index in [1.165, 1.54) is 36.2 Å². The van der Waals surface area contributed by atoms with Crippen LogP contribution >= 0.6 is 0 Å². The molecule has 0 unspecified atom stereocenters. The number of carbonyl (C=O) groups excluding carboxylic acids is 1. The number of hydrogen-bond acceptors (Lipinski definition) is 3. The monoisotopic (exact) mass is 290 g/mol. The van der Waals surface area contributed by atoms with Gasteiger partial charge in [-0.15, -0.1) is 0 Å². The molecule has 0 aliphatic carbocycles. The van der Waals surface area contributed by atoms with Crippen molar-refractivity contribution in [2.75, 3.05) is 31.1 Å². The number of benzene rings is 1. The maximum atomic E-state index is 11.2. The zero-order valence-corrected chi connectivity index (χ0v) is 13.2. The molecule has 0 fully saturated rings. The number of ether oxygens (including phenoxy) is 1. The van der Waals surface area contributed by atoms with Crippen molar-refractivity contribution in [1.29, 1.82) is 0 Å². The van der Waals surface area contributed by atoms with Gasteiger partial charge in [0.05, 0.1) is 6.61 Å². The van der Waals surface area contributed by atoms with Gasteiger partial charge in [-0.3, -0.25) is 0 Å². The van der Waals surface area contributed by atoms with E-state index >= 15 is 0 Å². The summed E-state index contributed by atoms with van der Waals surface area (Å²) in [6.07, 6.45) is 4.10. The minimum atomic E-state index is -0.329. The Labute approximate surface area is 127 Å². The Morgan fingerprint density at radius 3 is 3.00 bits per heavy atom. The molecule has 0 radical (unpaired) electrons. The maximum absolute atomic E-state index is 11.2. The first-order chi connectivity index (χ1) is 10.2. The molecule has 0 spiro atoms. The van der Waals surface area contributed by atoms with Crippen LogP contribution in [0.2, 0.25) is 0 Å². The number of rotatable bonds is 6. The summed E-state index contributed by atoms with van der Waals surface area (Å²) in [5.41, 5.74) is 4.12.